The van der Waals surface area contributed by atoms with E-state index in [1.807, 2.05) is 61.5 Å². The first kappa shape index (κ1) is 11.1. The van der Waals surface area contributed by atoms with Crippen LogP contribution in [-0.4, -0.2) is 5.11 Å². The number of benzene rings is 2. The molecule has 3 rings (SSSR count). The number of hydrogen-bond donors (Lipinski definition) is 1. The van der Waals surface area contributed by atoms with Crippen molar-refractivity contribution < 1.29 is 9.52 Å². The van der Waals surface area contributed by atoms with Crippen molar-refractivity contribution in [2.45, 2.75) is 13.0 Å². The summed E-state index contributed by atoms with van der Waals surface area (Å²) in [5, 5.41) is 11.4. The molecule has 1 atom stereocenters. The Labute approximate surface area is 105 Å². The molecule has 2 nitrogen and oxygen atoms in total. The third-order valence-corrected chi connectivity index (χ3v) is 3.20. The maximum absolute atomic E-state index is 10.4. The smallest absolute Gasteiger partial charge is 0.138 e. The van der Waals surface area contributed by atoms with Gasteiger partial charge < -0.3 is 9.52 Å². The zero-order chi connectivity index (χ0) is 12.5. The number of aliphatic hydroxyl groups is 1. The fourth-order valence-corrected chi connectivity index (χ4v) is 2.18. The molecule has 0 aliphatic carbocycles. The van der Waals surface area contributed by atoms with E-state index in [-0.39, 0.29) is 0 Å². The molecule has 2 heteroatoms. The lowest BCUT2D eigenvalue weighted by Gasteiger charge is -2.10. The summed E-state index contributed by atoms with van der Waals surface area (Å²) in [6, 6.07) is 17.5. The van der Waals surface area contributed by atoms with Crippen LogP contribution in [0.5, 0.6) is 0 Å². The van der Waals surface area contributed by atoms with E-state index >= 15 is 0 Å². The van der Waals surface area contributed by atoms with E-state index in [9.17, 15) is 5.11 Å². The summed E-state index contributed by atoms with van der Waals surface area (Å²) in [6.45, 7) is 1.99. The predicted octanol–water partition coefficient (Wildman–Crippen LogP) is 3.82. The van der Waals surface area contributed by atoms with Crippen LogP contribution in [-0.2, 0) is 0 Å². The summed E-state index contributed by atoms with van der Waals surface area (Å²) in [4.78, 5) is 0. The molecule has 1 aromatic heterocycles. The van der Waals surface area contributed by atoms with Crippen LogP contribution in [0.2, 0.25) is 0 Å². The molecular weight excluding hydrogens is 224 g/mol. The molecule has 0 amide bonds. The first-order chi connectivity index (χ1) is 8.75. The van der Waals surface area contributed by atoms with Crippen LogP contribution in [0.4, 0.5) is 0 Å². The first-order valence-electron chi connectivity index (χ1n) is 5.98. The normalized spacial score (nSPS) is 12.8. The lowest BCUT2D eigenvalue weighted by Crippen LogP contribution is -2.00. The van der Waals surface area contributed by atoms with Crippen LogP contribution in [0, 0.1) is 6.92 Å². The molecule has 2 aromatic carbocycles. The zero-order valence-electron chi connectivity index (χ0n) is 10.1. The molecule has 0 saturated heterocycles. The molecule has 1 heterocycles. The van der Waals surface area contributed by atoms with Crippen LogP contribution in [0.25, 0.3) is 11.0 Å². The fourth-order valence-electron chi connectivity index (χ4n) is 2.18. The van der Waals surface area contributed by atoms with Gasteiger partial charge in [-0.1, -0.05) is 42.5 Å². The van der Waals surface area contributed by atoms with Crippen molar-refractivity contribution in [1.29, 1.82) is 0 Å². The Balaban J connectivity index is 2.07. The Morgan fingerprint density at radius 1 is 1.00 bits per heavy atom. The fraction of sp³-hybridized carbons (Fsp3) is 0.125. The number of aryl methyl sites for hydroxylation is 1. The molecule has 0 saturated carbocycles. The molecule has 0 fully saturated rings. The average molecular weight is 238 g/mol. The Morgan fingerprint density at radius 2 is 1.72 bits per heavy atom. The quantitative estimate of drug-likeness (QED) is 0.736. The van der Waals surface area contributed by atoms with Crippen LogP contribution in [0.1, 0.15) is 23.0 Å². The van der Waals surface area contributed by atoms with Crippen LogP contribution in [0.3, 0.4) is 0 Å². The second-order valence-electron chi connectivity index (χ2n) is 4.45. The topological polar surface area (TPSA) is 33.4 Å². The van der Waals surface area contributed by atoms with E-state index in [0.717, 1.165) is 22.1 Å². The average Bonchev–Trinajstić information content (AvgIpc) is 2.82. The zero-order valence-corrected chi connectivity index (χ0v) is 10.1. The number of aliphatic hydroxyl groups excluding tert-OH is 1. The van der Waals surface area contributed by atoms with E-state index in [1.165, 1.54) is 0 Å². The molecule has 0 aliphatic rings. The van der Waals surface area contributed by atoms with E-state index in [0.29, 0.717) is 5.76 Å². The highest BCUT2D eigenvalue weighted by atomic mass is 16.4. The van der Waals surface area contributed by atoms with Gasteiger partial charge in [0.1, 0.15) is 17.4 Å². The maximum atomic E-state index is 10.4. The molecule has 1 N–H and O–H groups in total. The highest BCUT2D eigenvalue weighted by Crippen LogP contribution is 2.29. The van der Waals surface area contributed by atoms with E-state index in [2.05, 4.69) is 0 Å². The van der Waals surface area contributed by atoms with Gasteiger partial charge in [0.2, 0.25) is 0 Å². The van der Waals surface area contributed by atoms with Crippen LogP contribution >= 0.6 is 0 Å². The molecule has 0 aliphatic heterocycles. The van der Waals surface area contributed by atoms with Gasteiger partial charge in [-0.25, -0.2) is 0 Å². The van der Waals surface area contributed by atoms with Gasteiger partial charge >= 0.3 is 0 Å². The summed E-state index contributed by atoms with van der Waals surface area (Å²) in [6.07, 6.45) is -0.710. The second kappa shape index (κ2) is 4.31. The largest absolute Gasteiger partial charge is 0.458 e. The number of furan rings is 1. The van der Waals surface area contributed by atoms with Gasteiger partial charge in [0.15, 0.2) is 0 Å². The molecule has 0 bridgehead atoms. The Hall–Kier alpha value is -2.06. The summed E-state index contributed by atoms with van der Waals surface area (Å²) < 4.78 is 5.69. The van der Waals surface area contributed by atoms with Crippen molar-refractivity contribution in [3.05, 3.63) is 71.5 Å². The maximum Gasteiger partial charge on any atom is 0.138 e. The molecule has 0 unspecified atom stereocenters. The van der Waals surface area contributed by atoms with Crippen molar-refractivity contribution in [3.63, 3.8) is 0 Å². The number of para-hydroxylation sites is 1. The first-order valence-corrected chi connectivity index (χ1v) is 5.98. The lowest BCUT2D eigenvalue weighted by atomic mass is 10.0. The molecule has 90 valence electrons. The van der Waals surface area contributed by atoms with Crippen molar-refractivity contribution >= 4 is 11.0 Å². The van der Waals surface area contributed by atoms with E-state index in [1.54, 1.807) is 0 Å². The molecule has 3 aromatic rings. The van der Waals surface area contributed by atoms with Gasteiger partial charge in [0.25, 0.3) is 0 Å². The summed E-state index contributed by atoms with van der Waals surface area (Å²) in [5.74, 6) is 0.588. The van der Waals surface area contributed by atoms with Crippen molar-refractivity contribution in [1.82, 2.24) is 0 Å². The van der Waals surface area contributed by atoms with Crippen LogP contribution in [0.15, 0.2) is 59.0 Å². The van der Waals surface area contributed by atoms with Gasteiger partial charge in [-0.05, 0) is 30.2 Å². The summed E-state index contributed by atoms with van der Waals surface area (Å²) in [5.41, 5.74) is 2.75. The van der Waals surface area contributed by atoms with Crippen molar-refractivity contribution in [2.24, 2.45) is 0 Å². The summed E-state index contributed by atoms with van der Waals surface area (Å²) >= 11 is 0. The number of hydrogen-bond acceptors (Lipinski definition) is 2. The van der Waals surface area contributed by atoms with Gasteiger partial charge in [-0.2, -0.15) is 0 Å². The molecular formula is C16H14O2. The monoisotopic (exact) mass is 238 g/mol. The lowest BCUT2D eigenvalue weighted by molar-refractivity contribution is 0.191. The standard InChI is InChI=1S/C16H14O2/c1-11-6-2-4-8-13(11)16(17)15-10-12-7-3-5-9-14(12)18-15/h2-10,16-17H,1H3/t16-/m0/s1. The van der Waals surface area contributed by atoms with Crippen molar-refractivity contribution in [2.75, 3.05) is 0 Å². The second-order valence-corrected chi connectivity index (χ2v) is 4.45. The minimum absolute atomic E-state index is 0.588. The van der Waals surface area contributed by atoms with Gasteiger partial charge in [0, 0.05) is 5.39 Å². The van der Waals surface area contributed by atoms with Crippen molar-refractivity contribution in [3.8, 4) is 0 Å². The molecule has 0 spiro atoms. The minimum atomic E-state index is -0.710. The van der Waals surface area contributed by atoms with E-state index < -0.39 is 6.10 Å². The molecule has 18 heavy (non-hydrogen) atoms. The third kappa shape index (κ3) is 1.81. The minimum Gasteiger partial charge on any atom is -0.458 e. The van der Waals surface area contributed by atoms with Crippen LogP contribution < -0.4 is 0 Å². The van der Waals surface area contributed by atoms with Gasteiger partial charge in [-0.15, -0.1) is 0 Å². The highest BCUT2D eigenvalue weighted by molar-refractivity contribution is 5.77. The number of rotatable bonds is 2. The van der Waals surface area contributed by atoms with Gasteiger partial charge in [0.05, 0.1) is 0 Å². The number of fused-ring (bicyclic) bond motifs is 1. The molecule has 0 radical (unpaired) electrons. The van der Waals surface area contributed by atoms with Gasteiger partial charge in [-0.3, -0.25) is 0 Å². The third-order valence-electron chi connectivity index (χ3n) is 3.20. The van der Waals surface area contributed by atoms with E-state index in [4.69, 9.17) is 4.42 Å². The Morgan fingerprint density at radius 3 is 2.50 bits per heavy atom. The predicted molar refractivity (Wildman–Crippen MR) is 71.5 cm³/mol. The highest BCUT2D eigenvalue weighted by Gasteiger charge is 2.16. The SMILES string of the molecule is Cc1ccccc1[C@H](O)c1cc2ccccc2o1. The summed E-state index contributed by atoms with van der Waals surface area (Å²) in [7, 11) is 0. The Kier molecular flexibility index (Phi) is 2.65. The Bertz CT molecular complexity index is 649.